The molecular weight excluding hydrogens is 252 g/mol. The predicted octanol–water partition coefficient (Wildman–Crippen LogP) is 3.09. The Bertz CT molecular complexity index is 417. The highest BCUT2D eigenvalue weighted by atomic mass is 16.5. The largest absolute Gasteiger partial charge is 0.492 e. The van der Waals surface area contributed by atoms with E-state index in [0.717, 1.165) is 43.7 Å². The van der Waals surface area contributed by atoms with Crippen LogP contribution in [0.5, 0.6) is 5.75 Å². The summed E-state index contributed by atoms with van der Waals surface area (Å²) in [6.07, 6.45) is 6.99. The number of nitrogens with one attached hydrogen (secondary N) is 1. The van der Waals surface area contributed by atoms with Gasteiger partial charge in [-0.25, -0.2) is 0 Å². The first-order valence-corrected chi connectivity index (χ1v) is 7.64. The Hall–Kier alpha value is -1.13. The minimum absolute atomic E-state index is 0.151. The summed E-state index contributed by atoms with van der Waals surface area (Å²) in [6, 6.07) is 2.24. The highest BCUT2D eigenvalue weighted by molar-refractivity contribution is 5.28. The molecule has 0 aromatic carbocycles. The zero-order valence-corrected chi connectivity index (χ0v) is 12.8. The monoisotopic (exact) mass is 278 g/mol. The summed E-state index contributed by atoms with van der Waals surface area (Å²) in [5.41, 5.74) is 0.996. The molecular formula is C16H26N2O2. The van der Waals surface area contributed by atoms with Crippen LogP contribution in [0.2, 0.25) is 0 Å². The van der Waals surface area contributed by atoms with Crippen molar-refractivity contribution < 1.29 is 9.47 Å². The van der Waals surface area contributed by atoms with Gasteiger partial charge in [0, 0.05) is 12.8 Å². The van der Waals surface area contributed by atoms with Crippen molar-refractivity contribution in [1.82, 2.24) is 10.3 Å². The van der Waals surface area contributed by atoms with Gasteiger partial charge in [0.2, 0.25) is 0 Å². The molecule has 1 N–H and O–H groups in total. The van der Waals surface area contributed by atoms with Crippen LogP contribution in [0.15, 0.2) is 18.5 Å². The van der Waals surface area contributed by atoms with E-state index in [1.165, 1.54) is 0 Å². The summed E-state index contributed by atoms with van der Waals surface area (Å²) in [5, 5.41) is 3.62. The quantitative estimate of drug-likeness (QED) is 0.832. The Morgan fingerprint density at radius 3 is 2.95 bits per heavy atom. The van der Waals surface area contributed by atoms with Crippen LogP contribution in [0.4, 0.5) is 0 Å². The zero-order valence-electron chi connectivity index (χ0n) is 12.8. The molecule has 1 fully saturated rings. The van der Waals surface area contributed by atoms with Crippen LogP contribution < -0.4 is 10.1 Å². The molecule has 0 bridgehead atoms. The third-order valence-electron chi connectivity index (χ3n) is 3.84. The van der Waals surface area contributed by atoms with E-state index in [0.29, 0.717) is 6.61 Å². The molecule has 20 heavy (non-hydrogen) atoms. The van der Waals surface area contributed by atoms with Crippen LogP contribution in [0, 0.1) is 0 Å². The Balaban J connectivity index is 2.23. The first kappa shape index (κ1) is 15.3. The molecule has 2 atom stereocenters. The second-order valence-corrected chi connectivity index (χ2v) is 5.54. The van der Waals surface area contributed by atoms with E-state index < -0.39 is 0 Å². The van der Waals surface area contributed by atoms with Gasteiger partial charge in [-0.3, -0.25) is 4.98 Å². The van der Waals surface area contributed by atoms with E-state index in [2.05, 4.69) is 30.2 Å². The predicted molar refractivity (Wildman–Crippen MR) is 80.0 cm³/mol. The molecule has 1 saturated heterocycles. The maximum atomic E-state index is 6.02. The molecule has 1 aliphatic heterocycles. The third kappa shape index (κ3) is 3.49. The molecule has 0 saturated carbocycles. The number of aromatic nitrogens is 1. The first-order valence-electron chi connectivity index (χ1n) is 7.64. The van der Waals surface area contributed by atoms with Gasteiger partial charge in [0.25, 0.3) is 0 Å². The fraction of sp³-hybridized carbons (Fsp3) is 0.688. The van der Waals surface area contributed by atoms with E-state index >= 15 is 0 Å². The molecule has 2 rings (SSSR count). The summed E-state index contributed by atoms with van der Waals surface area (Å²) in [7, 11) is 0. The molecule has 4 heteroatoms. The first-order chi connectivity index (χ1) is 9.69. The van der Waals surface area contributed by atoms with Crippen molar-refractivity contribution in [2.75, 3.05) is 19.8 Å². The highest BCUT2D eigenvalue weighted by Crippen LogP contribution is 2.37. The highest BCUT2D eigenvalue weighted by Gasteiger charge is 2.39. The van der Waals surface area contributed by atoms with Gasteiger partial charge < -0.3 is 14.8 Å². The molecule has 112 valence electrons. The number of hydrogen-bond acceptors (Lipinski definition) is 4. The molecule has 4 nitrogen and oxygen atoms in total. The van der Waals surface area contributed by atoms with Crippen molar-refractivity contribution in [1.29, 1.82) is 0 Å². The van der Waals surface area contributed by atoms with Crippen LogP contribution in [-0.4, -0.2) is 30.3 Å². The van der Waals surface area contributed by atoms with Crippen LogP contribution in [0.1, 0.15) is 51.6 Å². The van der Waals surface area contributed by atoms with E-state index in [9.17, 15) is 0 Å². The van der Waals surface area contributed by atoms with Gasteiger partial charge in [0.05, 0.1) is 24.4 Å². The number of hydrogen-bond donors (Lipinski definition) is 1. The molecule has 0 spiro atoms. The van der Waals surface area contributed by atoms with Crippen molar-refractivity contribution in [3.8, 4) is 5.75 Å². The second kappa shape index (κ2) is 7.04. The minimum Gasteiger partial charge on any atom is -0.492 e. The summed E-state index contributed by atoms with van der Waals surface area (Å²) >= 11 is 0. The summed E-state index contributed by atoms with van der Waals surface area (Å²) in [5.74, 6) is 0.829. The Morgan fingerprint density at radius 2 is 2.30 bits per heavy atom. The zero-order chi connectivity index (χ0) is 14.4. The molecule has 1 aliphatic rings. The molecule has 0 aliphatic carbocycles. The lowest BCUT2D eigenvalue weighted by molar-refractivity contribution is -0.0126. The molecule has 2 unspecified atom stereocenters. The van der Waals surface area contributed by atoms with Gasteiger partial charge in [-0.15, -0.1) is 0 Å². The fourth-order valence-corrected chi connectivity index (χ4v) is 2.84. The Morgan fingerprint density at radius 1 is 1.45 bits per heavy atom. The van der Waals surface area contributed by atoms with Gasteiger partial charge in [-0.05, 0) is 51.3 Å². The van der Waals surface area contributed by atoms with Gasteiger partial charge in [0.1, 0.15) is 5.75 Å². The topological polar surface area (TPSA) is 43.4 Å². The van der Waals surface area contributed by atoms with Gasteiger partial charge in [-0.2, -0.15) is 0 Å². The number of rotatable bonds is 7. The molecule has 0 radical (unpaired) electrons. The van der Waals surface area contributed by atoms with E-state index in [1.54, 1.807) is 6.20 Å². The molecule has 2 heterocycles. The van der Waals surface area contributed by atoms with Crippen molar-refractivity contribution >= 4 is 0 Å². The standard InChI is InChI=1S/C16H26N2O2/c1-4-8-18-15(16(3)7-6-9-20-16)13-10-14(19-5-2)12-17-11-13/h10-12,15,18H,4-9H2,1-3H3. The molecule has 0 amide bonds. The third-order valence-corrected chi connectivity index (χ3v) is 3.84. The Labute approximate surface area is 121 Å². The summed E-state index contributed by atoms with van der Waals surface area (Å²) in [6.45, 7) is 8.84. The minimum atomic E-state index is -0.151. The fourth-order valence-electron chi connectivity index (χ4n) is 2.84. The average Bonchev–Trinajstić information content (AvgIpc) is 2.88. The van der Waals surface area contributed by atoms with Gasteiger partial charge in [0.15, 0.2) is 0 Å². The van der Waals surface area contributed by atoms with Crippen molar-refractivity contribution in [2.45, 2.75) is 51.7 Å². The normalized spacial score (nSPS) is 23.8. The lowest BCUT2D eigenvalue weighted by Crippen LogP contribution is -2.41. The molecule has 1 aromatic rings. The average molecular weight is 278 g/mol. The lowest BCUT2D eigenvalue weighted by atomic mass is 9.88. The van der Waals surface area contributed by atoms with Gasteiger partial charge in [-0.1, -0.05) is 6.92 Å². The van der Waals surface area contributed by atoms with E-state index in [1.807, 2.05) is 13.1 Å². The SMILES string of the molecule is CCCNC(c1cncc(OCC)c1)C1(C)CCCO1. The van der Waals surface area contributed by atoms with Crippen molar-refractivity contribution in [3.63, 3.8) is 0 Å². The maximum Gasteiger partial charge on any atom is 0.137 e. The second-order valence-electron chi connectivity index (χ2n) is 5.54. The summed E-state index contributed by atoms with van der Waals surface area (Å²) in [4.78, 5) is 4.31. The number of pyridine rings is 1. The van der Waals surface area contributed by atoms with Gasteiger partial charge >= 0.3 is 0 Å². The van der Waals surface area contributed by atoms with Crippen LogP contribution in [0.3, 0.4) is 0 Å². The van der Waals surface area contributed by atoms with E-state index in [4.69, 9.17) is 9.47 Å². The van der Waals surface area contributed by atoms with Crippen molar-refractivity contribution in [3.05, 3.63) is 24.0 Å². The maximum absolute atomic E-state index is 6.02. The lowest BCUT2D eigenvalue weighted by Gasteiger charge is -2.34. The number of ether oxygens (including phenoxy) is 2. The smallest absolute Gasteiger partial charge is 0.137 e. The van der Waals surface area contributed by atoms with Crippen LogP contribution >= 0.6 is 0 Å². The number of nitrogens with zero attached hydrogens (tertiary/aromatic N) is 1. The van der Waals surface area contributed by atoms with Crippen LogP contribution in [0.25, 0.3) is 0 Å². The molecule has 1 aromatic heterocycles. The van der Waals surface area contributed by atoms with Crippen molar-refractivity contribution in [2.24, 2.45) is 0 Å². The summed E-state index contributed by atoms with van der Waals surface area (Å²) < 4.78 is 11.6. The van der Waals surface area contributed by atoms with E-state index in [-0.39, 0.29) is 11.6 Å². The van der Waals surface area contributed by atoms with Crippen LogP contribution in [-0.2, 0) is 4.74 Å². The Kier molecular flexibility index (Phi) is 5.38.